The van der Waals surface area contributed by atoms with E-state index in [1.54, 1.807) is 19.1 Å². The highest BCUT2D eigenvalue weighted by atomic mass is 16.6. The topological polar surface area (TPSA) is 78.4 Å². The van der Waals surface area contributed by atoms with E-state index in [0.29, 0.717) is 23.6 Å². The Hall–Kier alpha value is -2.40. The smallest absolute Gasteiger partial charge is 0.276 e. The van der Waals surface area contributed by atoms with Crippen molar-refractivity contribution >= 4 is 5.69 Å². The number of rotatable bonds is 4. The van der Waals surface area contributed by atoms with Crippen LogP contribution in [-0.2, 0) is 6.54 Å². The average Bonchev–Trinajstić information content (AvgIpc) is 2.41. The zero-order valence-electron chi connectivity index (χ0n) is 11.4. The number of nitrogens with zero attached hydrogens (tertiary/aromatic N) is 1. The van der Waals surface area contributed by atoms with Crippen LogP contribution in [-0.4, -0.2) is 4.92 Å². The lowest BCUT2D eigenvalue weighted by atomic mass is 10.1. The summed E-state index contributed by atoms with van der Waals surface area (Å²) in [6.07, 6.45) is 0. The van der Waals surface area contributed by atoms with Crippen LogP contribution in [0.4, 0.5) is 5.69 Å². The van der Waals surface area contributed by atoms with Crippen LogP contribution in [0.2, 0.25) is 0 Å². The van der Waals surface area contributed by atoms with Crippen molar-refractivity contribution in [1.82, 2.24) is 0 Å². The molecule has 0 radical (unpaired) electrons. The zero-order valence-corrected chi connectivity index (χ0v) is 11.4. The van der Waals surface area contributed by atoms with Crippen LogP contribution in [0.5, 0.6) is 11.5 Å². The molecule has 2 rings (SSSR count). The molecule has 0 heterocycles. The molecule has 2 N–H and O–H groups in total. The Labute approximate surface area is 117 Å². The molecule has 0 aliphatic heterocycles. The Bertz CT molecular complexity index is 654. The molecule has 0 spiro atoms. The fourth-order valence-corrected chi connectivity index (χ4v) is 2.00. The van der Waals surface area contributed by atoms with Crippen LogP contribution in [0.3, 0.4) is 0 Å². The first kappa shape index (κ1) is 14.0. The lowest BCUT2D eigenvalue weighted by Crippen LogP contribution is -1.99. The SMILES string of the molecule is Cc1cc(Oc2cccc([N+](=O)[O-])c2C)ccc1CN. The molecule has 0 saturated heterocycles. The van der Waals surface area contributed by atoms with Crippen molar-refractivity contribution < 1.29 is 9.66 Å². The first-order chi connectivity index (χ1) is 9.52. The van der Waals surface area contributed by atoms with Gasteiger partial charge < -0.3 is 10.5 Å². The van der Waals surface area contributed by atoms with Crippen molar-refractivity contribution in [3.8, 4) is 11.5 Å². The maximum absolute atomic E-state index is 10.9. The van der Waals surface area contributed by atoms with Crippen molar-refractivity contribution in [3.63, 3.8) is 0 Å². The van der Waals surface area contributed by atoms with Crippen molar-refractivity contribution in [1.29, 1.82) is 0 Å². The lowest BCUT2D eigenvalue weighted by Gasteiger charge is -2.11. The number of hydrogen-bond donors (Lipinski definition) is 1. The lowest BCUT2D eigenvalue weighted by molar-refractivity contribution is -0.385. The van der Waals surface area contributed by atoms with Crippen molar-refractivity contribution in [3.05, 3.63) is 63.2 Å². The predicted molar refractivity (Wildman–Crippen MR) is 77.0 cm³/mol. The van der Waals surface area contributed by atoms with E-state index in [1.165, 1.54) is 6.07 Å². The third-order valence-corrected chi connectivity index (χ3v) is 3.21. The van der Waals surface area contributed by atoms with E-state index in [-0.39, 0.29) is 5.69 Å². The van der Waals surface area contributed by atoms with Crippen LogP contribution in [0.15, 0.2) is 36.4 Å². The molecule has 2 aromatic carbocycles. The quantitative estimate of drug-likeness (QED) is 0.682. The molecule has 0 amide bonds. The van der Waals surface area contributed by atoms with Gasteiger partial charge in [0.1, 0.15) is 11.5 Å². The second-order valence-electron chi connectivity index (χ2n) is 4.55. The molecule has 0 unspecified atom stereocenters. The van der Waals surface area contributed by atoms with E-state index in [4.69, 9.17) is 10.5 Å². The summed E-state index contributed by atoms with van der Waals surface area (Å²) in [6, 6.07) is 10.4. The summed E-state index contributed by atoms with van der Waals surface area (Å²) in [5, 5.41) is 10.9. The molecule has 104 valence electrons. The Balaban J connectivity index is 2.33. The second kappa shape index (κ2) is 5.71. The number of hydrogen-bond acceptors (Lipinski definition) is 4. The Morgan fingerprint density at radius 2 is 2.00 bits per heavy atom. The molecule has 20 heavy (non-hydrogen) atoms. The van der Waals surface area contributed by atoms with Crippen LogP contribution >= 0.6 is 0 Å². The molecular weight excluding hydrogens is 256 g/mol. The van der Waals surface area contributed by atoms with Gasteiger partial charge in [-0.3, -0.25) is 10.1 Å². The van der Waals surface area contributed by atoms with Gasteiger partial charge in [-0.2, -0.15) is 0 Å². The summed E-state index contributed by atoms with van der Waals surface area (Å²) in [5.41, 5.74) is 8.26. The summed E-state index contributed by atoms with van der Waals surface area (Å²) in [6.45, 7) is 4.10. The fraction of sp³-hybridized carbons (Fsp3) is 0.200. The largest absolute Gasteiger partial charge is 0.457 e. The number of aryl methyl sites for hydroxylation is 1. The second-order valence-corrected chi connectivity index (χ2v) is 4.55. The van der Waals surface area contributed by atoms with Gasteiger partial charge in [-0.1, -0.05) is 12.1 Å². The maximum Gasteiger partial charge on any atom is 0.276 e. The predicted octanol–water partition coefficient (Wildman–Crippen LogP) is 3.46. The van der Waals surface area contributed by atoms with Crippen LogP contribution < -0.4 is 10.5 Å². The molecule has 0 saturated carbocycles. The van der Waals surface area contributed by atoms with Crippen molar-refractivity contribution in [2.24, 2.45) is 5.73 Å². The molecule has 0 aromatic heterocycles. The Morgan fingerprint density at radius 3 is 2.60 bits per heavy atom. The molecule has 0 atom stereocenters. The van der Waals surface area contributed by atoms with Gasteiger partial charge in [-0.05, 0) is 43.2 Å². The maximum atomic E-state index is 10.9. The first-order valence-electron chi connectivity index (χ1n) is 6.24. The number of nitro groups is 1. The molecular formula is C15H16N2O3. The van der Waals surface area contributed by atoms with Crippen LogP contribution in [0.1, 0.15) is 16.7 Å². The minimum absolute atomic E-state index is 0.0535. The molecule has 0 aliphatic carbocycles. The third-order valence-electron chi connectivity index (χ3n) is 3.21. The van der Waals surface area contributed by atoms with Gasteiger partial charge in [-0.15, -0.1) is 0 Å². The van der Waals surface area contributed by atoms with E-state index >= 15 is 0 Å². The molecule has 5 heteroatoms. The average molecular weight is 272 g/mol. The highest BCUT2D eigenvalue weighted by molar-refractivity contribution is 5.50. The van der Waals surface area contributed by atoms with E-state index in [9.17, 15) is 10.1 Å². The van der Waals surface area contributed by atoms with E-state index in [2.05, 4.69) is 0 Å². The summed E-state index contributed by atoms with van der Waals surface area (Å²) in [7, 11) is 0. The van der Waals surface area contributed by atoms with Gasteiger partial charge in [0.25, 0.3) is 5.69 Å². The summed E-state index contributed by atoms with van der Waals surface area (Å²) >= 11 is 0. The van der Waals surface area contributed by atoms with Gasteiger partial charge in [0.05, 0.1) is 10.5 Å². The first-order valence-corrected chi connectivity index (χ1v) is 6.24. The third kappa shape index (κ3) is 2.78. The van der Waals surface area contributed by atoms with Gasteiger partial charge >= 0.3 is 0 Å². The Kier molecular flexibility index (Phi) is 4.00. The zero-order chi connectivity index (χ0) is 14.7. The van der Waals surface area contributed by atoms with Crippen LogP contribution in [0.25, 0.3) is 0 Å². The minimum Gasteiger partial charge on any atom is -0.457 e. The highest BCUT2D eigenvalue weighted by Crippen LogP contribution is 2.31. The number of ether oxygens (including phenoxy) is 1. The summed E-state index contributed by atoms with van der Waals surface area (Å²) < 4.78 is 5.74. The van der Waals surface area contributed by atoms with E-state index in [0.717, 1.165) is 11.1 Å². The van der Waals surface area contributed by atoms with Gasteiger partial charge in [0, 0.05) is 12.6 Å². The van der Waals surface area contributed by atoms with Gasteiger partial charge in [0.15, 0.2) is 0 Å². The van der Waals surface area contributed by atoms with E-state index < -0.39 is 4.92 Å². The van der Waals surface area contributed by atoms with Crippen molar-refractivity contribution in [2.75, 3.05) is 0 Å². The summed E-state index contributed by atoms with van der Waals surface area (Å²) in [5.74, 6) is 1.13. The molecule has 0 fully saturated rings. The molecule has 5 nitrogen and oxygen atoms in total. The monoisotopic (exact) mass is 272 g/mol. The molecule has 0 bridgehead atoms. The van der Waals surface area contributed by atoms with E-state index in [1.807, 2.05) is 25.1 Å². The number of nitrogens with two attached hydrogens (primary N) is 1. The number of nitro benzene ring substituents is 1. The van der Waals surface area contributed by atoms with Crippen LogP contribution in [0, 0.1) is 24.0 Å². The standard InChI is InChI=1S/C15H16N2O3/c1-10-8-13(7-6-12(10)9-16)20-15-5-3-4-14(11(15)2)17(18)19/h3-8H,9,16H2,1-2H3. The Morgan fingerprint density at radius 1 is 1.25 bits per heavy atom. The van der Waals surface area contributed by atoms with Gasteiger partial charge in [0.2, 0.25) is 0 Å². The molecule has 2 aromatic rings. The normalized spacial score (nSPS) is 10.3. The van der Waals surface area contributed by atoms with Crippen molar-refractivity contribution in [2.45, 2.75) is 20.4 Å². The number of benzene rings is 2. The highest BCUT2D eigenvalue weighted by Gasteiger charge is 2.14. The van der Waals surface area contributed by atoms with Gasteiger partial charge in [-0.25, -0.2) is 0 Å². The summed E-state index contributed by atoms with van der Waals surface area (Å²) in [4.78, 5) is 10.5. The fourth-order valence-electron chi connectivity index (χ4n) is 2.00. The minimum atomic E-state index is -0.412. The molecule has 0 aliphatic rings.